The molecular weight excluding hydrogens is 231 g/mol. The fraction of sp³-hybridized carbons (Fsp3) is 0.400. The average Bonchev–Trinajstić information content (AvgIpc) is 2.30. The van der Waals surface area contributed by atoms with E-state index in [1.807, 2.05) is 0 Å². The van der Waals surface area contributed by atoms with Crippen LogP contribution in [-0.4, -0.2) is 29.8 Å². The lowest BCUT2D eigenvalue weighted by atomic mass is 10.2. The number of nitro groups is 1. The standard InChI is InChI=1S/C10H13FN2O4/c1-6(5-14)12-8-4-10(17-2)7(11)3-9(8)13(15)16/h3-4,6,12,14H,5H2,1-2H3. The Labute approximate surface area is 97.2 Å². The minimum Gasteiger partial charge on any atom is -0.494 e. The molecule has 0 radical (unpaired) electrons. The van der Waals surface area contributed by atoms with Gasteiger partial charge < -0.3 is 15.2 Å². The van der Waals surface area contributed by atoms with E-state index >= 15 is 0 Å². The number of nitrogens with one attached hydrogen (secondary N) is 1. The van der Waals surface area contributed by atoms with Crippen LogP contribution in [0.3, 0.4) is 0 Å². The van der Waals surface area contributed by atoms with Crippen LogP contribution in [0.15, 0.2) is 12.1 Å². The molecule has 0 aliphatic rings. The second-order valence-corrected chi connectivity index (χ2v) is 3.49. The van der Waals surface area contributed by atoms with Crippen LogP contribution in [0.2, 0.25) is 0 Å². The van der Waals surface area contributed by atoms with E-state index in [1.54, 1.807) is 6.92 Å². The van der Waals surface area contributed by atoms with Crippen molar-refractivity contribution in [2.24, 2.45) is 0 Å². The second kappa shape index (κ2) is 5.44. The number of nitro benzene ring substituents is 1. The van der Waals surface area contributed by atoms with Gasteiger partial charge in [0.1, 0.15) is 5.69 Å². The van der Waals surface area contributed by atoms with Gasteiger partial charge >= 0.3 is 0 Å². The van der Waals surface area contributed by atoms with E-state index < -0.39 is 16.4 Å². The number of halogens is 1. The molecule has 0 saturated carbocycles. The Kier molecular flexibility index (Phi) is 4.22. The van der Waals surface area contributed by atoms with Crippen molar-refractivity contribution in [3.8, 4) is 5.75 Å². The van der Waals surface area contributed by atoms with Gasteiger partial charge in [0.05, 0.1) is 24.7 Å². The van der Waals surface area contributed by atoms with Crippen molar-refractivity contribution in [2.75, 3.05) is 19.0 Å². The molecule has 0 heterocycles. The van der Waals surface area contributed by atoms with Gasteiger partial charge in [-0.05, 0) is 6.92 Å². The monoisotopic (exact) mass is 244 g/mol. The molecule has 1 aromatic carbocycles. The minimum atomic E-state index is -0.804. The number of ether oxygens (including phenoxy) is 1. The first-order valence-electron chi connectivity index (χ1n) is 4.89. The van der Waals surface area contributed by atoms with E-state index in [0.717, 1.165) is 6.07 Å². The number of aliphatic hydroxyl groups is 1. The Morgan fingerprint density at radius 3 is 2.76 bits per heavy atom. The molecule has 1 rings (SSSR count). The molecular formula is C10H13FN2O4. The highest BCUT2D eigenvalue weighted by Gasteiger charge is 2.19. The van der Waals surface area contributed by atoms with E-state index in [4.69, 9.17) is 9.84 Å². The van der Waals surface area contributed by atoms with Gasteiger partial charge in [0.2, 0.25) is 0 Å². The number of rotatable bonds is 5. The summed E-state index contributed by atoms with van der Waals surface area (Å²) in [5.74, 6) is -0.898. The van der Waals surface area contributed by atoms with Gasteiger partial charge in [0.25, 0.3) is 5.69 Å². The van der Waals surface area contributed by atoms with Gasteiger partial charge in [0.15, 0.2) is 11.6 Å². The SMILES string of the molecule is COc1cc(NC(C)CO)c([N+](=O)[O-])cc1F. The lowest BCUT2D eigenvalue weighted by Crippen LogP contribution is -2.20. The van der Waals surface area contributed by atoms with Crippen LogP contribution in [0.1, 0.15) is 6.92 Å². The lowest BCUT2D eigenvalue weighted by Gasteiger charge is -2.13. The predicted molar refractivity (Wildman–Crippen MR) is 59.8 cm³/mol. The van der Waals surface area contributed by atoms with Crippen LogP contribution in [-0.2, 0) is 0 Å². The number of benzene rings is 1. The lowest BCUT2D eigenvalue weighted by molar-refractivity contribution is -0.384. The predicted octanol–water partition coefficient (Wildman–Crippen LogP) is 1.54. The molecule has 0 bridgehead atoms. The van der Waals surface area contributed by atoms with Crippen LogP contribution in [0, 0.1) is 15.9 Å². The first kappa shape index (κ1) is 13.2. The summed E-state index contributed by atoms with van der Waals surface area (Å²) in [6, 6.07) is 1.59. The van der Waals surface area contributed by atoms with Crippen molar-refractivity contribution in [3.63, 3.8) is 0 Å². The number of anilines is 1. The molecule has 7 heteroatoms. The van der Waals surface area contributed by atoms with Crippen molar-refractivity contribution >= 4 is 11.4 Å². The smallest absolute Gasteiger partial charge is 0.295 e. The Bertz CT molecular complexity index is 425. The molecule has 1 unspecified atom stereocenters. The zero-order chi connectivity index (χ0) is 13.0. The Morgan fingerprint density at radius 1 is 1.65 bits per heavy atom. The molecule has 17 heavy (non-hydrogen) atoms. The molecule has 0 fully saturated rings. The summed E-state index contributed by atoms with van der Waals surface area (Å²) in [5.41, 5.74) is -0.293. The van der Waals surface area contributed by atoms with Gasteiger partial charge in [-0.25, -0.2) is 4.39 Å². The van der Waals surface area contributed by atoms with Crippen LogP contribution in [0.25, 0.3) is 0 Å². The fourth-order valence-electron chi connectivity index (χ4n) is 1.28. The molecule has 0 aromatic heterocycles. The number of hydrogen-bond donors (Lipinski definition) is 2. The number of nitrogens with zero attached hydrogens (tertiary/aromatic N) is 1. The molecule has 1 atom stereocenters. The van der Waals surface area contributed by atoms with Gasteiger partial charge in [-0.2, -0.15) is 0 Å². The van der Waals surface area contributed by atoms with E-state index in [0.29, 0.717) is 0 Å². The topological polar surface area (TPSA) is 84.6 Å². The summed E-state index contributed by atoms with van der Waals surface area (Å²) in [4.78, 5) is 10.0. The summed E-state index contributed by atoms with van der Waals surface area (Å²) in [7, 11) is 1.27. The van der Waals surface area contributed by atoms with E-state index in [9.17, 15) is 14.5 Å². The molecule has 6 nitrogen and oxygen atoms in total. The molecule has 0 spiro atoms. The van der Waals surface area contributed by atoms with Gasteiger partial charge in [-0.3, -0.25) is 10.1 Å². The highest BCUT2D eigenvalue weighted by Crippen LogP contribution is 2.32. The van der Waals surface area contributed by atoms with Crippen molar-refractivity contribution < 1.29 is 19.2 Å². The van der Waals surface area contributed by atoms with E-state index in [-0.39, 0.29) is 24.1 Å². The van der Waals surface area contributed by atoms with Gasteiger partial charge in [-0.15, -0.1) is 0 Å². The maximum absolute atomic E-state index is 13.3. The van der Waals surface area contributed by atoms with Crippen LogP contribution in [0.5, 0.6) is 5.75 Å². The first-order valence-corrected chi connectivity index (χ1v) is 4.89. The Hall–Kier alpha value is -1.89. The molecule has 0 saturated heterocycles. The van der Waals surface area contributed by atoms with E-state index in [1.165, 1.54) is 13.2 Å². The quantitative estimate of drug-likeness (QED) is 0.606. The van der Waals surface area contributed by atoms with Crippen LogP contribution in [0.4, 0.5) is 15.8 Å². The summed E-state index contributed by atoms with van der Waals surface area (Å²) >= 11 is 0. The summed E-state index contributed by atoms with van der Waals surface area (Å²) in [6.07, 6.45) is 0. The number of methoxy groups -OCH3 is 1. The van der Waals surface area contributed by atoms with Crippen molar-refractivity contribution in [1.82, 2.24) is 0 Å². The molecule has 1 aromatic rings. The molecule has 0 amide bonds. The number of hydrogen-bond acceptors (Lipinski definition) is 5. The third-order valence-electron chi connectivity index (χ3n) is 2.14. The minimum absolute atomic E-state index is 0.0942. The van der Waals surface area contributed by atoms with Crippen molar-refractivity contribution in [2.45, 2.75) is 13.0 Å². The average molecular weight is 244 g/mol. The summed E-state index contributed by atoms with van der Waals surface area (Å²) < 4.78 is 18.0. The molecule has 0 aliphatic carbocycles. The molecule has 0 aliphatic heterocycles. The highest BCUT2D eigenvalue weighted by atomic mass is 19.1. The second-order valence-electron chi connectivity index (χ2n) is 3.49. The van der Waals surface area contributed by atoms with E-state index in [2.05, 4.69) is 5.32 Å². The Morgan fingerprint density at radius 2 is 2.29 bits per heavy atom. The fourth-order valence-corrected chi connectivity index (χ4v) is 1.28. The third kappa shape index (κ3) is 3.04. The maximum Gasteiger partial charge on any atom is 0.295 e. The van der Waals surface area contributed by atoms with Crippen LogP contribution >= 0.6 is 0 Å². The third-order valence-corrected chi connectivity index (χ3v) is 2.14. The molecule has 94 valence electrons. The first-order chi connectivity index (χ1) is 7.99. The summed E-state index contributed by atoms with van der Waals surface area (Å²) in [5, 5.41) is 22.3. The maximum atomic E-state index is 13.3. The van der Waals surface area contributed by atoms with Crippen molar-refractivity contribution in [3.05, 3.63) is 28.1 Å². The Balaban J connectivity index is 3.19. The highest BCUT2D eigenvalue weighted by molar-refractivity contribution is 5.65. The largest absolute Gasteiger partial charge is 0.494 e. The van der Waals surface area contributed by atoms with Gasteiger partial charge in [0, 0.05) is 12.1 Å². The zero-order valence-corrected chi connectivity index (χ0v) is 9.44. The normalized spacial score (nSPS) is 12.0. The van der Waals surface area contributed by atoms with Gasteiger partial charge in [-0.1, -0.05) is 0 Å². The zero-order valence-electron chi connectivity index (χ0n) is 9.44. The van der Waals surface area contributed by atoms with Crippen LogP contribution < -0.4 is 10.1 Å². The van der Waals surface area contributed by atoms with Crippen molar-refractivity contribution in [1.29, 1.82) is 0 Å². The molecule has 2 N–H and O–H groups in total. The summed E-state index contributed by atoms with van der Waals surface area (Å²) in [6.45, 7) is 1.44. The number of aliphatic hydroxyl groups excluding tert-OH is 1.